The Morgan fingerprint density at radius 2 is 2.38 bits per heavy atom. The predicted molar refractivity (Wildman–Crippen MR) is 82.7 cm³/mol. The third kappa shape index (κ3) is 4.90. The molecule has 1 atom stereocenters. The van der Waals surface area contributed by atoms with E-state index < -0.39 is 0 Å². The van der Waals surface area contributed by atoms with Gasteiger partial charge in [0.05, 0.1) is 13.2 Å². The minimum atomic E-state index is -0.0440. The summed E-state index contributed by atoms with van der Waals surface area (Å²) in [7, 11) is 1.64. The number of alkyl halides is 1. The van der Waals surface area contributed by atoms with Crippen LogP contribution < -0.4 is 4.74 Å². The summed E-state index contributed by atoms with van der Waals surface area (Å²) >= 11 is 5.72. The van der Waals surface area contributed by atoms with Crippen molar-refractivity contribution in [3.63, 3.8) is 0 Å². The molecule has 1 amide bonds. The Hall–Kier alpha value is -1.26. The number of halogens is 1. The summed E-state index contributed by atoms with van der Waals surface area (Å²) in [6.07, 6.45) is 3.35. The molecule has 1 heterocycles. The average molecular weight is 312 g/mol. The minimum Gasteiger partial charge on any atom is -0.497 e. The fourth-order valence-electron chi connectivity index (χ4n) is 2.54. The van der Waals surface area contributed by atoms with Crippen molar-refractivity contribution in [2.75, 3.05) is 26.1 Å². The molecule has 1 aliphatic rings. The van der Waals surface area contributed by atoms with E-state index in [9.17, 15) is 4.79 Å². The first-order valence-corrected chi connectivity index (χ1v) is 7.84. The highest BCUT2D eigenvalue weighted by Crippen LogP contribution is 2.18. The van der Waals surface area contributed by atoms with E-state index in [0.29, 0.717) is 13.1 Å². The van der Waals surface area contributed by atoms with E-state index in [2.05, 4.69) is 0 Å². The van der Waals surface area contributed by atoms with Crippen LogP contribution in [0, 0.1) is 0 Å². The Morgan fingerprint density at radius 1 is 1.52 bits per heavy atom. The first kappa shape index (κ1) is 16.1. The Balaban J connectivity index is 1.96. The molecule has 1 saturated heterocycles. The van der Waals surface area contributed by atoms with E-state index in [-0.39, 0.29) is 17.9 Å². The van der Waals surface area contributed by atoms with Gasteiger partial charge in [0.25, 0.3) is 0 Å². The summed E-state index contributed by atoms with van der Waals surface area (Å²) in [5, 5.41) is 0. The Kier molecular flexibility index (Phi) is 6.33. The number of hydrogen-bond acceptors (Lipinski definition) is 3. The summed E-state index contributed by atoms with van der Waals surface area (Å²) in [6.45, 7) is 2.06. The second-order valence-electron chi connectivity index (χ2n) is 5.22. The van der Waals surface area contributed by atoms with Crippen LogP contribution in [0.2, 0.25) is 0 Å². The van der Waals surface area contributed by atoms with Crippen LogP contribution in [0.5, 0.6) is 5.75 Å². The van der Waals surface area contributed by atoms with Crippen LogP contribution in [0.15, 0.2) is 24.3 Å². The maximum atomic E-state index is 12.0. The third-order valence-corrected chi connectivity index (χ3v) is 3.95. The molecule has 21 heavy (non-hydrogen) atoms. The van der Waals surface area contributed by atoms with Crippen molar-refractivity contribution in [3.05, 3.63) is 29.8 Å². The van der Waals surface area contributed by atoms with E-state index in [1.807, 2.05) is 24.3 Å². The lowest BCUT2D eigenvalue weighted by atomic mass is 10.1. The second-order valence-corrected chi connectivity index (χ2v) is 5.49. The number of ether oxygens (including phenoxy) is 2. The van der Waals surface area contributed by atoms with Crippen LogP contribution in [-0.4, -0.2) is 43.1 Å². The maximum absolute atomic E-state index is 12.0. The van der Waals surface area contributed by atoms with Gasteiger partial charge in [0.15, 0.2) is 0 Å². The van der Waals surface area contributed by atoms with Gasteiger partial charge in [0.2, 0.25) is 5.91 Å². The van der Waals surface area contributed by atoms with Gasteiger partial charge in [-0.2, -0.15) is 0 Å². The molecule has 1 aromatic rings. The Bertz CT molecular complexity index is 461. The first-order valence-electron chi connectivity index (χ1n) is 7.31. The number of carbonyl (C=O) groups is 1. The zero-order chi connectivity index (χ0) is 15.1. The highest BCUT2D eigenvalue weighted by molar-refractivity contribution is 6.27. The zero-order valence-corrected chi connectivity index (χ0v) is 13.1. The number of methoxy groups -OCH3 is 1. The summed E-state index contributed by atoms with van der Waals surface area (Å²) < 4.78 is 10.8. The van der Waals surface area contributed by atoms with Crippen molar-refractivity contribution in [1.82, 2.24) is 4.90 Å². The van der Waals surface area contributed by atoms with Crippen LogP contribution >= 0.6 is 11.6 Å². The van der Waals surface area contributed by atoms with Crippen molar-refractivity contribution in [2.45, 2.75) is 31.9 Å². The molecule has 0 bridgehead atoms. The van der Waals surface area contributed by atoms with E-state index in [0.717, 1.165) is 37.2 Å². The van der Waals surface area contributed by atoms with Gasteiger partial charge in [0, 0.05) is 19.7 Å². The van der Waals surface area contributed by atoms with E-state index >= 15 is 0 Å². The lowest BCUT2D eigenvalue weighted by molar-refractivity contribution is -0.129. The van der Waals surface area contributed by atoms with Gasteiger partial charge >= 0.3 is 0 Å². The minimum absolute atomic E-state index is 0.00942. The van der Waals surface area contributed by atoms with Crippen molar-refractivity contribution in [2.24, 2.45) is 0 Å². The summed E-state index contributed by atoms with van der Waals surface area (Å²) in [5.74, 6) is 0.762. The molecule has 0 N–H and O–H groups in total. The molecule has 2 rings (SSSR count). The van der Waals surface area contributed by atoms with Crippen LogP contribution in [0.1, 0.15) is 24.8 Å². The molecule has 5 heteroatoms. The smallest absolute Gasteiger partial charge is 0.237 e. The molecule has 1 aromatic carbocycles. The highest BCUT2D eigenvalue weighted by atomic mass is 35.5. The van der Waals surface area contributed by atoms with Crippen LogP contribution in [0.4, 0.5) is 0 Å². The summed E-state index contributed by atoms with van der Waals surface area (Å²) in [5.41, 5.74) is 1.04. The molecule has 0 aromatic heterocycles. The molecule has 0 spiro atoms. The van der Waals surface area contributed by atoms with Gasteiger partial charge in [-0.3, -0.25) is 4.79 Å². The largest absolute Gasteiger partial charge is 0.497 e. The second kappa shape index (κ2) is 8.25. The third-order valence-electron chi connectivity index (χ3n) is 3.72. The molecule has 1 aliphatic heterocycles. The van der Waals surface area contributed by atoms with Crippen LogP contribution in [0.3, 0.4) is 0 Å². The van der Waals surface area contributed by atoms with Crippen molar-refractivity contribution >= 4 is 17.5 Å². The van der Waals surface area contributed by atoms with Gasteiger partial charge in [-0.1, -0.05) is 12.1 Å². The number of carbonyl (C=O) groups excluding carboxylic acids is 1. The highest BCUT2D eigenvalue weighted by Gasteiger charge is 2.19. The number of hydrogen-bond donors (Lipinski definition) is 0. The molecule has 0 saturated carbocycles. The van der Waals surface area contributed by atoms with Crippen molar-refractivity contribution in [1.29, 1.82) is 0 Å². The van der Waals surface area contributed by atoms with Gasteiger partial charge in [-0.15, -0.1) is 11.6 Å². The van der Waals surface area contributed by atoms with Gasteiger partial charge in [0.1, 0.15) is 11.6 Å². The summed E-state index contributed by atoms with van der Waals surface area (Å²) in [4.78, 5) is 13.8. The van der Waals surface area contributed by atoms with Crippen LogP contribution in [-0.2, 0) is 16.1 Å². The fourth-order valence-corrected chi connectivity index (χ4v) is 2.71. The molecule has 4 nitrogen and oxygen atoms in total. The van der Waals surface area contributed by atoms with Gasteiger partial charge in [-0.25, -0.2) is 0 Å². The topological polar surface area (TPSA) is 38.8 Å². The van der Waals surface area contributed by atoms with E-state index in [1.165, 1.54) is 0 Å². The van der Waals surface area contributed by atoms with Crippen LogP contribution in [0.25, 0.3) is 0 Å². The molecular formula is C16H22ClNO3. The number of nitrogens with zero attached hydrogens (tertiary/aromatic N) is 1. The zero-order valence-electron chi connectivity index (χ0n) is 12.4. The molecule has 116 valence electrons. The number of rotatable bonds is 7. The lowest BCUT2D eigenvalue weighted by Gasteiger charge is -2.23. The molecule has 1 unspecified atom stereocenters. The summed E-state index contributed by atoms with van der Waals surface area (Å²) in [6, 6.07) is 7.75. The molecule has 1 fully saturated rings. The van der Waals surface area contributed by atoms with Crippen molar-refractivity contribution in [3.8, 4) is 5.75 Å². The Labute approximate surface area is 131 Å². The molecular weight excluding hydrogens is 290 g/mol. The van der Waals surface area contributed by atoms with Gasteiger partial charge < -0.3 is 14.4 Å². The average Bonchev–Trinajstić information content (AvgIpc) is 3.04. The number of amides is 1. The normalized spacial score (nSPS) is 17.7. The van der Waals surface area contributed by atoms with Crippen molar-refractivity contribution < 1.29 is 14.3 Å². The monoisotopic (exact) mass is 311 g/mol. The first-order chi connectivity index (χ1) is 10.2. The predicted octanol–water partition coefficient (Wildman–Crippen LogP) is 2.83. The maximum Gasteiger partial charge on any atom is 0.237 e. The standard InChI is InChI=1S/C16H22ClNO3/c1-20-15-5-2-4-13(10-15)12-18(16(19)11-17)8-7-14-6-3-9-21-14/h2,4-5,10,14H,3,6-9,11-12H2,1H3. The fraction of sp³-hybridized carbons (Fsp3) is 0.562. The molecule has 0 radical (unpaired) electrons. The lowest BCUT2D eigenvalue weighted by Crippen LogP contribution is -2.34. The van der Waals surface area contributed by atoms with E-state index in [4.69, 9.17) is 21.1 Å². The Morgan fingerprint density at radius 3 is 3.05 bits per heavy atom. The quantitative estimate of drug-likeness (QED) is 0.727. The van der Waals surface area contributed by atoms with E-state index in [1.54, 1.807) is 12.0 Å². The molecule has 0 aliphatic carbocycles. The SMILES string of the molecule is COc1cccc(CN(CCC2CCCO2)C(=O)CCl)c1. The number of benzene rings is 1. The van der Waals surface area contributed by atoms with Gasteiger partial charge in [-0.05, 0) is 37.0 Å².